The number of carbonyl (C=O) groups is 1. The Morgan fingerprint density at radius 1 is 1.40 bits per heavy atom. The van der Waals surface area contributed by atoms with Crippen molar-refractivity contribution in [1.82, 2.24) is 0 Å². The zero-order chi connectivity index (χ0) is 12.1. The van der Waals surface area contributed by atoms with Gasteiger partial charge in [-0.05, 0) is 13.3 Å². The van der Waals surface area contributed by atoms with Crippen LogP contribution < -0.4 is 0 Å². The van der Waals surface area contributed by atoms with E-state index >= 15 is 0 Å². The summed E-state index contributed by atoms with van der Waals surface area (Å²) in [5, 5.41) is 8.39. The molecule has 2 heteroatoms. The summed E-state index contributed by atoms with van der Waals surface area (Å²) >= 11 is 0. The van der Waals surface area contributed by atoms with Gasteiger partial charge >= 0.3 is 5.97 Å². The molecule has 0 aromatic carbocycles. The Labute approximate surface area is 92.3 Å². The van der Waals surface area contributed by atoms with Gasteiger partial charge in [0.05, 0.1) is 6.42 Å². The van der Waals surface area contributed by atoms with Crippen molar-refractivity contribution in [2.24, 2.45) is 0 Å². The molecule has 0 aromatic heterocycles. The van der Waals surface area contributed by atoms with Gasteiger partial charge in [0.15, 0.2) is 0 Å². The summed E-state index contributed by atoms with van der Waals surface area (Å²) < 4.78 is 0. The Kier molecular flexibility index (Phi) is 13.2. The number of aliphatic carboxylic acids is 1. The van der Waals surface area contributed by atoms with Gasteiger partial charge < -0.3 is 5.11 Å². The van der Waals surface area contributed by atoms with Crippen molar-refractivity contribution in [1.29, 1.82) is 0 Å². The number of rotatable bonds is 5. The standard InChI is InChI=1S/C10H14O2.C3H6/c1-3-5-6-9(4-2)7-8-10(11)12;1-3-2/h3,5-7H,1,4,8H2,2H3,(H,11,12);3H,1H2,2H3/b6-5-,9-7-;. The van der Waals surface area contributed by atoms with Gasteiger partial charge in [0.2, 0.25) is 0 Å². The fourth-order valence-corrected chi connectivity index (χ4v) is 0.740. The molecule has 0 aliphatic heterocycles. The zero-order valence-corrected chi connectivity index (χ0v) is 9.57. The third-order valence-electron chi connectivity index (χ3n) is 1.39. The lowest BCUT2D eigenvalue weighted by molar-refractivity contribution is -0.136. The number of allylic oxidation sites excluding steroid dienone is 5. The normalized spacial score (nSPS) is 10.4. The van der Waals surface area contributed by atoms with Crippen molar-refractivity contribution in [3.8, 4) is 0 Å². The Balaban J connectivity index is 0. The fraction of sp³-hybridized carbons (Fsp3) is 0.308. The molecule has 0 aliphatic rings. The highest BCUT2D eigenvalue weighted by molar-refractivity contribution is 5.68. The predicted molar refractivity (Wildman–Crippen MR) is 65.8 cm³/mol. The van der Waals surface area contributed by atoms with Gasteiger partial charge in [-0.3, -0.25) is 4.79 Å². The van der Waals surface area contributed by atoms with Crippen molar-refractivity contribution in [2.75, 3.05) is 0 Å². The van der Waals surface area contributed by atoms with Crippen LogP contribution in [0.25, 0.3) is 0 Å². The lowest BCUT2D eigenvalue weighted by Gasteiger charge is -1.94. The van der Waals surface area contributed by atoms with Crippen molar-refractivity contribution in [2.45, 2.75) is 26.7 Å². The molecule has 15 heavy (non-hydrogen) atoms. The first-order valence-corrected chi connectivity index (χ1v) is 4.89. The summed E-state index contributed by atoms with van der Waals surface area (Å²) in [7, 11) is 0. The van der Waals surface area contributed by atoms with Crippen LogP contribution in [0.15, 0.2) is 49.1 Å². The highest BCUT2D eigenvalue weighted by Gasteiger charge is 1.92. The molecule has 0 rings (SSSR count). The van der Waals surface area contributed by atoms with Crippen molar-refractivity contribution >= 4 is 5.97 Å². The zero-order valence-electron chi connectivity index (χ0n) is 9.57. The van der Waals surface area contributed by atoms with Gasteiger partial charge in [-0.1, -0.05) is 49.5 Å². The summed E-state index contributed by atoms with van der Waals surface area (Å²) in [5.41, 5.74) is 1.03. The molecule has 2 nitrogen and oxygen atoms in total. The molecule has 0 atom stereocenters. The monoisotopic (exact) mass is 208 g/mol. The molecule has 1 N–H and O–H groups in total. The number of carboxylic acid groups (broad SMARTS) is 1. The maximum absolute atomic E-state index is 10.2. The Morgan fingerprint density at radius 3 is 2.27 bits per heavy atom. The molecule has 0 unspecified atom stereocenters. The molecule has 0 radical (unpaired) electrons. The van der Waals surface area contributed by atoms with E-state index in [1.165, 1.54) is 0 Å². The van der Waals surface area contributed by atoms with Crippen LogP contribution in [0.2, 0.25) is 0 Å². The lowest BCUT2D eigenvalue weighted by Crippen LogP contribution is -1.91. The van der Waals surface area contributed by atoms with E-state index in [2.05, 4.69) is 13.2 Å². The van der Waals surface area contributed by atoms with Gasteiger partial charge in [0.1, 0.15) is 0 Å². The smallest absolute Gasteiger partial charge is 0.307 e. The van der Waals surface area contributed by atoms with Gasteiger partial charge in [-0.2, -0.15) is 0 Å². The van der Waals surface area contributed by atoms with E-state index in [0.717, 1.165) is 12.0 Å². The van der Waals surface area contributed by atoms with E-state index in [4.69, 9.17) is 5.11 Å². The average Bonchev–Trinajstić information content (AvgIpc) is 2.19. The summed E-state index contributed by atoms with van der Waals surface area (Å²) in [6, 6.07) is 0. The van der Waals surface area contributed by atoms with Crippen LogP contribution >= 0.6 is 0 Å². The first-order valence-electron chi connectivity index (χ1n) is 4.89. The summed E-state index contributed by atoms with van der Waals surface area (Å²) in [6.45, 7) is 10.8. The molecule has 0 aliphatic carbocycles. The average molecular weight is 208 g/mol. The molecule has 0 amide bonds. The Hall–Kier alpha value is -1.57. The van der Waals surface area contributed by atoms with Gasteiger partial charge in [-0.25, -0.2) is 0 Å². The largest absolute Gasteiger partial charge is 0.481 e. The van der Waals surface area contributed by atoms with E-state index in [0.29, 0.717) is 0 Å². The third-order valence-corrected chi connectivity index (χ3v) is 1.39. The fourth-order valence-electron chi connectivity index (χ4n) is 0.740. The van der Waals surface area contributed by atoms with Crippen molar-refractivity contribution < 1.29 is 9.90 Å². The van der Waals surface area contributed by atoms with Crippen LogP contribution in [0, 0.1) is 0 Å². The summed E-state index contributed by atoms with van der Waals surface area (Å²) in [5.74, 6) is -0.798. The van der Waals surface area contributed by atoms with E-state index in [-0.39, 0.29) is 6.42 Å². The van der Waals surface area contributed by atoms with E-state index in [9.17, 15) is 4.79 Å². The predicted octanol–water partition coefficient (Wildman–Crippen LogP) is 3.73. The topological polar surface area (TPSA) is 37.3 Å². The molecule has 0 bridgehead atoms. The van der Waals surface area contributed by atoms with Crippen molar-refractivity contribution in [3.63, 3.8) is 0 Å². The van der Waals surface area contributed by atoms with Crippen LogP contribution in [0.5, 0.6) is 0 Å². The molecule has 0 fully saturated rings. The second-order valence-corrected chi connectivity index (χ2v) is 2.73. The number of hydrogen-bond donors (Lipinski definition) is 1. The third kappa shape index (κ3) is 15.2. The number of carboxylic acids is 1. The van der Waals surface area contributed by atoms with Crippen LogP contribution in [0.4, 0.5) is 0 Å². The van der Waals surface area contributed by atoms with E-state index in [1.807, 2.05) is 19.9 Å². The quantitative estimate of drug-likeness (QED) is 0.552. The first kappa shape index (κ1) is 15.9. The lowest BCUT2D eigenvalue weighted by atomic mass is 10.1. The molecular formula is C13H20O2. The molecule has 0 saturated heterocycles. The van der Waals surface area contributed by atoms with E-state index in [1.54, 1.807) is 24.3 Å². The van der Waals surface area contributed by atoms with Crippen LogP contribution in [-0.2, 0) is 4.79 Å². The minimum atomic E-state index is -0.798. The molecular weight excluding hydrogens is 188 g/mol. The SMILES string of the molecule is C=C/C=C\C(=C/CC(=O)O)CC.C=CC. The van der Waals surface area contributed by atoms with Gasteiger partial charge in [0, 0.05) is 0 Å². The van der Waals surface area contributed by atoms with Crippen molar-refractivity contribution in [3.05, 3.63) is 49.1 Å². The molecule has 0 saturated carbocycles. The summed E-state index contributed by atoms with van der Waals surface area (Å²) in [6.07, 6.45) is 9.74. The minimum Gasteiger partial charge on any atom is -0.481 e. The van der Waals surface area contributed by atoms with Crippen LogP contribution in [0.3, 0.4) is 0 Å². The molecule has 0 aromatic rings. The van der Waals surface area contributed by atoms with Gasteiger partial charge in [0.25, 0.3) is 0 Å². The highest BCUT2D eigenvalue weighted by Crippen LogP contribution is 2.03. The van der Waals surface area contributed by atoms with Gasteiger partial charge in [-0.15, -0.1) is 6.58 Å². The first-order chi connectivity index (χ1) is 7.12. The molecule has 0 heterocycles. The number of hydrogen-bond acceptors (Lipinski definition) is 1. The molecule has 0 spiro atoms. The second-order valence-electron chi connectivity index (χ2n) is 2.73. The van der Waals surface area contributed by atoms with Crippen LogP contribution in [0.1, 0.15) is 26.7 Å². The minimum absolute atomic E-state index is 0.0880. The maximum atomic E-state index is 10.2. The Bertz CT molecular complexity index is 247. The van der Waals surface area contributed by atoms with E-state index < -0.39 is 5.97 Å². The second kappa shape index (κ2) is 12.4. The van der Waals surface area contributed by atoms with Crippen LogP contribution in [-0.4, -0.2) is 11.1 Å². The Morgan fingerprint density at radius 2 is 1.93 bits per heavy atom. The molecule has 84 valence electrons. The highest BCUT2D eigenvalue weighted by atomic mass is 16.4. The summed E-state index contributed by atoms with van der Waals surface area (Å²) in [4.78, 5) is 10.2. The maximum Gasteiger partial charge on any atom is 0.307 e.